The van der Waals surface area contributed by atoms with Crippen LogP contribution in [0.3, 0.4) is 0 Å². The molecule has 1 saturated heterocycles. The lowest BCUT2D eigenvalue weighted by Crippen LogP contribution is -2.50. The number of aliphatic hydroxyl groups excluding tert-OH is 1. The van der Waals surface area contributed by atoms with E-state index in [1.807, 2.05) is 4.90 Å². The van der Waals surface area contributed by atoms with Gasteiger partial charge in [-0.2, -0.15) is 0 Å². The van der Waals surface area contributed by atoms with E-state index in [-0.39, 0.29) is 24.8 Å². The lowest BCUT2D eigenvalue weighted by molar-refractivity contribution is -0.121. The summed E-state index contributed by atoms with van der Waals surface area (Å²) in [6.07, 6.45) is 1.39. The maximum atomic E-state index is 11.8. The number of piperazine rings is 1. The predicted molar refractivity (Wildman–Crippen MR) is 71.1 cm³/mol. The Bertz CT molecular complexity index is 438. The van der Waals surface area contributed by atoms with Crippen LogP contribution in [0.1, 0.15) is 10.6 Å². The number of furan rings is 1. The standard InChI is InChI=1S/C13H19N3O4/c17-8-7-15-3-5-16(6-4-15)10-12(18)14-13(19)11-2-1-9-20-11/h1-2,9,17H,3-8,10H2,(H,14,18,19). The minimum atomic E-state index is -0.515. The normalized spacial score (nSPS) is 17.1. The molecule has 1 aliphatic heterocycles. The van der Waals surface area contributed by atoms with Gasteiger partial charge in [0.2, 0.25) is 5.91 Å². The number of hydrogen-bond acceptors (Lipinski definition) is 6. The Kier molecular flexibility index (Phi) is 5.28. The molecular weight excluding hydrogens is 262 g/mol. The zero-order valence-corrected chi connectivity index (χ0v) is 11.2. The van der Waals surface area contributed by atoms with Gasteiger partial charge in [0.05, 0.1) is 19.4 Å². The molecular formula is C13H19N3O4. The van der Waals surface area contributed by atoms with Gasteiger partial charge in [-0.1, -0.05) is 0 Å². The van der Waals surface area contributed by atoms with E-state index in [0.717, 1.165) is 26.2 Å². The van der Waals surface area contributed by atoms with Crippen LogP contribution >= 0.6 is 0 Å². The summed E-state index contributed by atoms with van der Waals surface area (Å²) in [6.45, 7) is 4.15. The second kappa shape index (κ2) is 7.18. The number of carbonyl (C=O) groups is 2. The highest BCUT2D eigenvalue weighted by Crippen LogP contribution is 2.02. The number of hydrogen-bond donors (Lipinski definition) is 2. The van der Waals surface area contributed by atoms with E-state index in [1.54, 1.807) is 6.07 Å². The number of imide groups is 1. The first-order valence-electron chi connectivity index (χ1n) is 6.62. The number of rotatable bonds is 5. The molecule has 7 heteroatoms. The lowest BCUT2D eigenvalue weighted by atomic mass is 10.3. The molecule has 2 N–H and O–H groups in total. The molecule has 0 bridgehead atoms. The molecule has 1 aromatic rings. The van der Waals surface area contributed by atoms with Gasteiger partial charge >= 0.3 is 0 Å². The van der Waals surface area contributed by atoms with E-state index in [9.17, 15) is 9.59 Å². The van der Waals surface area contributed by atoms with Crippen molar-refractivity contribution in [2.45, 2.75) is 0 Å². The van der Waals surface area contributed by atoms with Gasteiger partial charge in [0.15, 0.2) is 5.76 Å². The Hall–Kier alpha value is -1.70. The molecule has 1 aromatic heterocycles. The second-order valence-electron chi connectivity index (χ2n) is 4.70. The van der Waals surface area contributed by atoms with Crippen molar-refractivity contribution in [1.29, 1.82) is 0 Å². The van der Waals surface area contributed by atoms with Gasteiger partial charge in [0, 0.05) is 32.7 Å². The van der Waals surface area contributed by atoms with Crippen LogP contribution < -0.4 is 5.32 Å². The highest BCUT2D eigenvalue weighted by Gasteiger charge is 2.20. The summed E-state index contributed by atoms with van der Waals surface area (Å²) in [5.41, 5.74) is 0. The Morgan fingerprint density at radius 2 is 1.95 bits per heavy atom. The van der Waals surface area contributed by atoms with Crippen molar-refractivity contribution >= 4 is 11.8 Å². The summed E-state index contributed by atoms with van der Waals surface area (Å²) in [5, 5.41) is 11.2. The van der Waals surface area contributed by atoms with Crippen LogP contribution in [0, 0.1) is 0 Å². The van der Waals surface area contributed by atoms with Crippen molar-refractivity contribution in [3.63, 3.8) is 0 Å². The van der Waals surface area contributed by atoms with Crippen molar-refractivity contribution in [2.75, 3.05) is 45.9 Å². The van der Waals surface area contributed by atoms with Crippen LogP contribution in [0.5, 0.6) is 0 Å². The first-order chi connectivity index (χ1) is 9.69. The number of nitrogens with zero attached hydrogens (tertiary/aromatic N) is 2. The Morgan fingerprint density at radius 1 is 1.25 bits per heavy atom. The zero-order valence-electron chi connectivity index (χ0n) is 11.2. The fourth-order valence-electron chi connectivity index (χ4n) is 2.15. The van der Waals surface area contributed by atoms with Crippen LogP contribution in [-0.2, 0) is 4.79 Å². The lowest BCUT2D eigenvalue weighted by Gasteiger charge is -2.33. The van der Waals surface area contributed by atoms with E-state index in [2.05, 4.69) is 10.2 Å². The Morgan fingerprint density at radius 3 is 2.55 bits per heavy atom. The third-order valence-electron chi connectivity index (χ3n) is 3.25. The Balaban J connectivity index is 1.71. The van der Waals surface area contributed by atoms with E-state index >= 15 is 0 Å². The summed E-state index contributed by atoms with van der Waals surface area (Å²) >= 11 is 0. The molecule has 7 nitrogen and oxygen atoms in total. The van der Waals surface area contributed by atoms with Crippen LogP contribution in [0.25, 0.3) is 0 Å². The molecule has 1 fully saturated rings. The summed E-state index contributed by atoms with van der Waals surface area (Å²) in [6, 6.07) is 3.11. The average molecular weight is 281 g/mol. The van der Waals surface area contributed by atoms with Gasteiger partial charge in [-0.15, -0.1) is 0 Å². The topological polar surface area (TPSA) is 86.0 Å². The number of amides is 2. The molecule has 2 amide bonds. The average Bonchev–Trinajstić information content (AvgIpc) is 2.95. The minimum absolute atomic E-state index is 0.131. The smallest absolute Gasteiger partial charge is 0.293 e. The molecule has 0 aromatic carbocycles. The van der Waals surface area contributed by atoms with Crippen molar-refractivity contribution in [1.82, 2.24) is 15.1 Å². The van der Waals surface area contributed by atoms with Gasteiger partial charge in [-0.05, 0) is 12.1 Å². The summed E-state index contributed by atoms with van der Waals surface area (Å²) in [4.78, 5) is 27.5. The number of nitrogens with one attached hydrogen (secondary N) is 1. The van der Waals surface area contributed by atoms with E-state index in [1.165, 1.54) is 12.3 Å². The molecule has 0 unspecified atom stereocenters. The van der Waals surface area contributed by atoms with E-state index < -0.39 is 5.91 Å². The predicted octanol–water partition coefficient (Wildman–Crippen LogP) is -0.854. The van der Waals surface area contributed by atoms with Crippen molar-refractivity contribution in [2.24, 2.45) is 0 Å². The zero-order chi connectivity index (χ0) is 14.4. The first kappa shape index (κ1) is 14.7. The van der Waals surface area contributed by atoms with Crippen LogP contribution in [0.2, 0.25) is 0 Å². The monoisotopic (exact) mass is 281 g/mol. The molecule has 110 valence electrons. The molecule has 0 aliphatic carbocycles. The maximum Gasteiger partial charge on any atom is 0.293 e. The van der Waals surface area contributed by atoms with Crippen LogP contribution in [0.4, 0.5) is 0 Å². The third-order valence-corrected chi connectivity index (χ3v) is 3.25. The first-order valence-corrected chi connectivity index (χ1v) is 6.62. The second-order valence-corrected chi connectivity index (χ2v) is 4.70. The molecule has 0 radical (unpaired) electrons. The fraction of sp³-hybridized carbons (Fsp3) is 0.538. The fourth-order valence-corrected chi connectivity index (χ4v) is 2.15. The van der Waals surface area contributed by atoms with Gasteiger partial charge in [0.1, 0.15) is 0 Å². The molecule has 2 rings (SSSR count). The number of aliphatic hydroxyl groups is 1. The molecule has 2 heterocycles. The Labute approximate surface area is 117 Å². The molecule has 20 heavy (non-hydrogen) atoms. The van der Waals surface area contributed by atoms with Gasteiger partial charge in [-0.25, -0.2) is 0 Å². The van der Waals surface area contributed by atoms with Crippen molar-refractivity contribution in [3.8, 4) is 0 Å². The van der Waals surface area contributed by atoms with E-state index in [0.29, 0.717) is 6.54 Å². The van der Waals surface area contributed by atoms with Crippen LogP contribution in [-0.4, -0.2) is 72.6 Å². The summed E-state index contributed by atoms with van der Waals surface area (Å²) in [5.74, 6) is -0.716. The summed E-state index contributed by atoms with van der Waals surface area (Å²) < 4.78 is 4.92. The number of β-amino-alcohol motifs (C(OH)–C–C–N with tert-alkyl or cyclic N) is 1. The van der Waals surface area contributed by atoms with E-state index in [4.69, 9.17) is 9.52 Å². The molecule has 1 aliphatic rings. The van der Waals surface area contributed by atoms with Crippen molar-refractivity contribution < 1.29 is 19.1 Å². The third kappa shape index (κ3) is 4.16. The largest absolute Gasteiger partial charge is 0.459 e. The number of carbonyl (C=O) groups excluding carboxylic acids is 2. The molecule has 0 saturated carbocycles. The maximum absolute atomic E-state index is 11.8. The molecule has 0 spiro atoms. The SMILES string of the molecule is O=C(CN1CCN(CCO)CC1)NC(=O)c1ccco1. The quantitative estimate of drug-likeness (QED) is 0.731. The highest BCUT2D eigenvalue weighted by molar-refractivity contribution is 6.03. The van der Waals surface area contributed by atoms with Gasteiger partial charge < -0.3 is 9.52 Å². The summed E-state index contributed by atoms with van der Waals surface area (Å²) in [7, 11) is 0. The minimum Gasteiger partial charge on any atom is -0.459 e. The highest BCUT2D eigenvalue weighted by atomic mass is 16.3. The van der Waals surface area contributed by atoms with Crippen molar-refractivity contribution in [3.05, 3.63) is 24.2 Å². The molecule has 0 atom stereocenters. The van der Waals surface area contributed by atoms with Gasteiger partial charge in [0.25, 0.3) is 5.91 Å². The van der Waals surface area contributed by atoms with Gasteiger partial charge in [-0.3, -0.25) is 24.7 Å². The van der Waals surface area contributed by atoms with Crippen LogP contribution in [0.15, 0.2) is 22.8 Å².